The van der Waals surface area contributed by atoms with Crippen LogP contribution >= 0.6 is 0 Å². The largest absolute Gasteiger partial charge is 0.462 e. The molecule has 246 valence electrons. The number of nitrogens with one attached hydrogen (secondary N) is 1. The summed E-state index contributed by atoms with van der Waals surface area (Å²) in [6, 6.07) is 18.3. The van der Waals surface area contributed by atoms with Gasteiger partial charge in [0.1, 0.15) is 12.0 Å². The van der Waals surface area contributed by atoms with Crippen LogP contribution in [0, 0.1) is 0 Å². The minimum Gasteiger partial charge on any atom is -0.462 e. The zero-order valence-corrected chi connectivity index (χ0v) is 25.3. The van der Waals surface area contributed by atoms with Crippen molar-refractivity contribution in [2.45, 2.75) is 44.0 Å². The molecular formula is C34H35F6N3O3. The van der Waals surface area contributed by atoms with E-state index in [0.29, 0.717) is 68.8 Å². The highest BCUT2D eigenvalue weighted by molar-refractivity contribution is 6.00. The van der Waals surface area contributed by atoms with Crippen LogP contribution in [0.15, 0.2) is 66.7 Å². The number of piperazine rings is 1. The number of hydrogen-bond donors (Lipinski definition) is 1. The Kier molecular flexibility index (Phi) is 9.67. The van der Waals surface area contributed by atoms with Gasteiger partial charge >= 0.3 is 18.3 Å². The van der Waals surface area contributed by atoms with Crippen LogP contribution in [-0.2, 0) is 21.1 Å². The van der Waals surface area contributed by atoms with Crippen molar-refractivity contribution in [1.29, 1.82) is 0 Å². The van der Waals surface area contributed by atoms with Crippen LogP contribution in [0.2, 0.25) is 0 Å². The molecule has 0 atom stereocenters. The van der Waals surface area contributed by atoms with Gasteiger partial charge in [0.15, 0.2) is 0 Å². The molecule has 5 rings (SSSR count). The van der Waals surface area contributed by atoms with E-state index in [1.807, 2.05) is 41.3 Å². The molecule has 0 saturated carbocycles. The van der Waals surface area contributed by atoms with Crippen molar-refractivity contribution < 1.29 is 40.7 Å². The summed E-state index contributed by atoms with van der Waals surface area (Å²) in [4.78, 5) is 29.8. The van der Waals surface area contributed by atoms with Crippen molar-refractivity contribution in [1.82, 2.24) is 10.2 Å². The monoisotopic (exact) mass is 647 g/mol. The van der Waals surface area contributed by atoms with E-state index >= 15 is 0 Å². The van der Waals surface area contributed by atoms with Crippen molar-refractivity contribution >= 4 is 17.6 Å². The summed E-state index contributed by atoms with van der Waals surface area (Å²) in [6.45, 7) is 2.85. The molecule has 12 heteroatoms. The van der Waals surface area contributed by atoms with Crippen LogP contribution in [0.3, 0.4) is 0 Å². The van der Waals surface area contributed by atoms with Gasteiger partial charge in [-0.15, -0.1) is 0 Å². The van der Waals surface area contributed by atoms with Gasteiger partial charge in [-0.25, -0.2) is 4.79 Å². The second-order valence-electron chi connectivity index (χ2n) is 11.5. The summed E-state index contributed by atoms with van der Waals surface area (Å²) in [5.41, 5.74) is 0.603. The average Bonchev–Trinajstić information content (AvgIpc) is 3.32. The smallest absolute Gasteiger partial charge is 0.417 e. The third-order valence-electron chi connectivity index (χ3n) is 8.72. The number of unbranched alkanes of at least 4 members (excludes halogenated alkanes) is 1. The first-order valence-electron chi connectivity index (χ1n) is 15.3. The number of esters is 1. The molecule has 0 unspecified atom stereocenters. The molecule has 6 nitrogen and oxygen atoms in total. The molecule has 0 spiro atoms. The minimum absolute atomic E-state index is 0.0351. The van der Waals surface area contributed by atoms with Gasteiger partial charge in [-0.05, 0) is 66.8 Å². The minimum atomic E-state index is -4.72. The highest BCUT2D eigenvalue weighted by Gasteiger charge is 2.49. The maximum absolute atomic E-state index is 13.8. The van der Waals surface area contributed by atoms with E-state index in [0.717, 1.165) is 23.3 Å². The van der Waals surface area contributed by atoms with Gasteiger partial charge in [-0.3, -0.25) is 9.69 Å². The molecule has 2 aliphatic rings. The maximum atomic E-state index is 13.8. The zero-order chi connectivity index (χ0) is 33.1. The lowest BCUT2D eigenvalue weighted by Gasteiger charge is -2.36. The number of hydrogen-bond acceptors (Lipinski definition) is 5. The number of anilines is 1. The lowest BCUT2D eigenvalue weighted by atomic mass is 9.73. The number of fused-ring (bicyclic) bond motifs is 3. The predicted octanol–water partition coefficient (Wildman–Crippen LogP) is 6.82. The number of carbonyl (C=O) groups excluding carboxylic acids is 2. The number of halogens is 6. The van der Waals surface area contributed by atoms with Crippen molar-refractivity contribution in [3.63, 3.8) is 0 Å². The van der Waals surface area contributed by atoms with Crippen LogP contribution in [-0.4, -0.2) is 68.8 Å². The Labute approximate surface area is 263 Å². The number of amides is 1. The van der Waals surface area contributed by atoms with Gasteiger partial charge in [-0.2, -0.15) is 26.3 Å². The zero-order valence-electron chi connectivity index (χ0n) is 25.3. The van der Waals surface area contributed by atoms with Crippen LogP contribution in [0.1, 0.15) is 53.2 Å². The third-order valence-corrected chi connectivity index (χ3v) is 8.72. The van der Waals surface area contributed by atoms with Crippen molar-refractivity contribution in [3.8, 4) is 11.1 Å². The Balaban J connectivity index is 1.24. The lowest BCUT2D eigenvalue weighted by Crippen LogP contribution is -2.47. The van der Waals surface area contributed by atoms with Crippen LogP contribution in [0.5, 0.6) is 0 Å². The second kappa shape index (κ2) is 13.4. The molecule has 1 saturated heterocycles. The third kappa shape index (κ3) is 6.86. The normalized spacial score (nSPS) is 16.1. The standard InChI is InChI=1S/C34H35F6N3O3/c1-2-46-30(44)26-14-13-23(21-29(26)34(38,39)40)43-19-17-42(18-20-43)16-8-7-15-32(31(45)41-22-33(35,36)37)27-11-5-3-9-24(27)25-10-4-6-12-28(25)32/h3-6,9-14,21H,2,7-8,15-20,22H2,1H3,(H,41,45). The number of carbonyl (C=O) groups is 2. The van der Waals surface area contributed by atoms with E-state index in [-0.39, 0.29) is 6.61 Å². The summed E-state index contributed by atoms with van der Waals surface area (Å²) in [6.07, 6.45) is -7.72. The number of rotatable bonds is 10. The van der Waals surface area contributed by atoms with E-state index in [9.17, 15) is 35.9 Å². The van der Waals surface area contributed by atoms with Crippen molar-refractivity contribution in [3.05, 3.63) is 89.0 Å². The van der Waals surface area contributed by atoms with Gasteiger partial charge in [0.2, 0.25) is 5.91 Å². The lowest BCUT2D eigenvalue weighted by molar-refractivity contribution is -0.141. The summed E-state index contributed by atoms with van der Waals surface area (Å²) >= 11 is 0. The van der Waals surface area contributed by atoms with Gasteiger partial charge in [-0.1, -0.05) is 55.0 Å². The highest BCUT2D eigenvalue weighted by Crippen LogP contribution is 2.51. The number of nitrogens with zero attached hydrogens (tertiary/aromatic N) is 2. The molecule has 1 aliphatic carbocycles. The fraction of sp³-hybridized carbons (Fsp3) is 0.412. The first-order valence-corrected chi connectivity index (χ1v) is 15.3. The highest BCUT2D eigenvalue weighted by atomic mass is 19.4. The van der Waals surface area contributed by atoms with Crippen molar-refractivity contribution in [2.75, 3.05) is 50.8 Å². The van der Waals surface area contributed by atoms with Crippen molar-refractivity contribution in [2.24, 2.45) is 0 Å². The second-order valence-corrected chi connectivity index (χ2v) is 11.5. The maximum Gasteiger partial charge on any atom is 0.417 e. The Morgan fingerprint density at radius 1 is 0.848 bits per heavy atom. The van der Waals surface area contributed by atoms with Gasteiger partial charge in [0, 0.05) is 31.9 Å². The molecule has 1 fully saturated rings. The Morgan fingerprint density at radius 2 is 1.46 bits per heavy atom. The van der Waals surface area contributed by atoms with E-state index in [2.05, 4.69) is 10.2 Å². The summed E-state index contributed by atoms with van der Waals surface area (Å²) < 4.78 is 85.5. The molecule has 0 aromatic heterocycles. The van der Waals surface area contributed by atoms with E-state index in [1.165, 1.54) is 13.0 Å². The molecule has 3 aromatic rings. The molecule has 3 aromatic carbocycles. The molecule has 1 aliphatic heterocycles. The molecular weight excluding hydrogens is 612 g/mol. The van der Waals surface area contributed by atoms with E-state index in [1.54, 1.807) is 12.1 Å². The predicted molar refractivity (Wildman–Crippen MR) is 162 cm³/mol. The van der Waals surface area contributed by atoms with Gasteiger partial charge in [0.25, 0.3) is 0 Å². The molecule has 46 heavy (non-hydrogen) atoms. The fourth-order valence-electron chi connectivity index (χ4n) is 6.59. The number of ether oxygens (including phenoxy) is 1. The van der Waals surface area contributed by atoms with E-state index < -0.39 is 47.3 Å². The van der Waals surface area contributed by atoms with Crippen LogP contribution < -0.4 is 10.2 Å². The van der Waals surface area contributed by atoms with E-state index in [4.69, 9.17) is 4.74 Å². The molecule has 0 bridgehead atoms. The Morgan fingerprint density at radius 3 is 2.02 bits per heavy atom. The molecule has 0 radical (unpaired) electrons. The quantitative estimate of drug-likeness (QED) is 0.149. The van der Waals surface area contributed by atoms with Crippen LogP contribution in [0.4, 0.5) is 32.0 Å². The summed E-state index contributed by atoms with van der Waals surface area (Å²) in [7, 11) is 0. The summed E-state index contributed by atoms with van der Waals surface area (Å²) in [5.74, 6) is -1.70. The molecule has 1 N–H and O–H groups in total. The first kappa shape index (κ1) is 33.3. The van der Waals surface area contributed by atoms with Gasteiger partial charge in [0.05, 0.1) is 17.7 Å². The average molecular weight is 648 g/mol. The fourth-order valence-corrected chi connectivity index (χ4v) is 6.59. The number of alkyl halides is 6. The molecule has 1 amide bonds. The van der Waals surface area contributed by atoms with Crippen LogP contribution in [0.25, 0.3) is 11.1 Å². The topological polar surface area (TPSA) is 61.9 Å². The molecule has 1 heterocycles. The first-order chi connectivity index (χ1) is 21.8. The van der Waals surface area contributed by atoms with Gasteiger partial charge < -0.3 is 15.0 Å². The summed E-state index contributed by atoms with van der Waals surface area (Å²) in [5, 5.41) is 2.15. The Hall–Kier alpha value is -4.06. The SMILES string of the molecule is CCOC(=O)c1ccc(N2CCN(CCCCC3(C(=O)NCC(F)(F)F)c4ccccc4-c4ccccc43)CC2)cc1C(F)(F)F. The number of benzene rings is 3. The Bertz CT molecular complexity index is 1520.